The molecule has 1 heterocycles. The Bertz CT molecular complexity index is 191. The average Bonchev–Trinajstić information content (AvgIpc) is 2.30. The van der Waals surface area contributed by atoms with Gasteiger partial charge in [-0.1, -0.05) is 0 Å². The van der Waals surface area contributed by atoms with Crippen LogP contribution in [0.1, 0.15) is 6.42 Å². The molecule has 0 bridgehead atoms. The highest BCUT2D eigenvalue weighted by Gasteiger charge is 2.34. The van der Waals surface area contributed by atoms with E-state index >= 15 is 0 Å². The van der Waals surface area contributed by atoms with Crippen molar-refractivity contribution in [2.24, 2.45) is 11.7 Å². The third kappa shape index (κ3) is 1.34. The predicted molar refractivity (Wildman–Crippen MR) is 39.2 cm³/mol. The first kappa shape index (κ1) is 8.04. The van der Waals surface area contributed by atoms with Crippen molar-refractivity contribution in [2.45, 2.75) is 6.42 Å². The van der Waals surface area contributed by atoms with E-state index in [1.807, 2.05) is 0 Å². The highest BCUT2D eigenvalue weighted by atomic mass is 16.2. The molecule has 2 N–H and O–H groups in total. The van der Waals surface area contributed by atoms with Crippen LogP contribution >= 0.6 is 0 Å². The summed E-state index contributed by atoms with van der Waals surface area (Å²) in [6.07, 6.45) is 0.545. The lowest BCUT2D eigenvalue weighted by Gasteiger charge is -2.11. The zero-order valence-corrected chi connectivity index (χ0v) is 6.25. The number of primary amides is 1. The molecule has 0 spiro atoms. The molecule has 0 aromatic rings. The first-order valence-electron chi connectivity index (χ1n) is 3.54. The van der Waals surface area contributed by atoms with Crippen LogP contribution in [0.2, 0.25) is 0 Å². The van der Waals surface area contributed by atoms with E-state index < -0.39 is 11.8 Å². The molecule has 1 radical (unpaired) electrons. The molecule has 61 valence electrons. The summed E-state index contributed by atoms with van der Waals surface area (Å²) < 4.78 is 0. The van der Waals surface area contributed by atoms with Gasteiger partial charge in [-0.3, -0.25) is 9.59 Å². The fourth-order valence-electron chi connectivity index (χ4n) is 1.22. The van der Waals surface area contributed by atoms with Gasteiger partial charge < -0.3 is 10.6 Å². The van der Waals surface area contributed by atoms with Crippen LogP contribution in [0.25, 0.3) is 0 Å². The Morgan fingerprint density at radius 1 is 1.82 bits per heavy atom. The van der Waals surface area contributed by atoms with Crippen LogP contribution in [-0.2, 0) is 9.59 Å². The summed E-state index contributed by atoms with van der Waals surface area (Å²) >= 11 is 0. The van der Waals surface area contributed by atoms with Crippen LogP contribution in [0.5, 0.6) is 0 Å². The second-order valence-corrected chi connectivity index (χ2v) is 2.57. The van der Waals surface area contributed by atoms with Crippen LogP contribution in [0.4, 0.5) is 0 Å². The number of amides is 2. The number of nitrogens with two attached hydrogens (primary N) is 1. The number of carbonyl (C=O) groups is 2. The topological polar surface area (TPSA) is 63.4 Å². The number of hydrogen-bond donors (Lipinski definition) is 1. The van der Waals surface area contributed by atoms with Crippen molar-refractivity contribution in [3.05, 3.63) is 6.92 Å². The monoisotopic (exact) mass is 155 g/mol. The fourth-order valence-corrected chi connectivity index (χ4v) is 1.22. The largest absolute Gasteiger partial charge is 0.369 e. The maximum absolute atomic E-state index is 11.2. The minimum atomic E-state index is -0.600. The van der Waals surface area contributed by atoms with Gasteiger partial charge in [0.15, 0.2) is 0 Å². The number of likely N-dealkylation sites (tertiary alicyclic amines) is 1. The molecule has 4 heteroatoms. The molecule has 1 aliphatic heterocycles. The van der Waals surface area contributed by atoms with E-state index in [1.165, 1.54) is 4.90 Å². The van der Waals surface area contributed by atoms with Gasteiger partial charge in [-0.2, -0.15) is 0 Å². The summed E-state index contributed by atoms with van der Waals surface area (Å²) in [6.45, 7) is 4.59. The molecule has 0 aromatic heterocycles. The van der Waals surface area contributed by atoms with E-state index in [0.717, 1.165) is 0 Å². The Morgan fingerprint density at radius 2 is 2.45 bits per heavy atom. The summed E-state index contributed by atoms with van der Waals surface area (Å²) in [5.41, 5.74) is 5.00. The van der Waals surface area contributed by atoms with E-state index in [-0.39, 0.29) is 5.91 Å². The molecular weight excluding hydrogens is 144 g/mol. The Balaban J connectivity index is 2.63. The summed E-state index contributed by atoms with van der Waals surface area (Å²) in [4.78, 5) is 23.3. The molecule has 1 fully saturated rings. The van der Waals surface area contributed by atoms with E-state index in [1.54, 1.807) is 0 Å². The van der Waals surface area contributed by atoms with Crippen molar-refractivity contribution in [1.29, 1.82) is 0 Å². The quantitative estimate of drug-likeness (QED) is 0.528. The lowest BCUT2D eigenvalue weighted by molar-refractivity contribution is -0.136. The van der Waals surface area contributed by atoms with E-state index in [4.69, 9.17) is 5.73 Å². The summed E-state index contributed by atoms with van der Waals surface area (Å²) in [5.74, 6) is -1.30. The van der Waals surface area contributed by atoms with Crippen LogP contribution in [0.15, 0.2) is 0 Å². The van der Waals surface area contributed by atoms with Gasteiger partial charge in [0.2, 0.25) is 11.8 Å². The van der Waals surface area contributed by atoms with Crippen molar-refractivity contribution < 1.29 is 9.59 Å². The third-order valence-corrected chi connectivity index (χ3v) is 1.91. The minimum absolute atomic E-state index is 0.174. The van der Waals surface area contributed by atoms with Crippen molar-refractivity contribution >= 4 is 11.8 Å². The molecule has 1 unspecified atom stereocenters. The van der Waals surface area contributed by atoms with Crippen molar-refractivity contribution in [3.63, 3.8) is 0 Å². The van der Waals surface area contributed by atoms with Crippen LogP contribution in [0.3, 0.4) is 0 Å². The maximum atomic E-state index is 11.2. The van der Waals surface area contributed by atoms with Crippen LogP contribution in [0, 0.1) is 12.8 Å². The van der Waals surface area contributed by atoms with E-state index in [9.17, 15) is 9.59 Å². The Labute approximate surface area is 65.3 Å². The van der Waals surface area contributed by atoms with Gasteiger partial charge in [0.25, 0.3) is 0 Å². The minimum Gasteiger partial charge on any atom is -0.369 e. The molecular formula is C7H11N2O2. The Kier molecular flexibility index (Phi) is 2.12. The first-order chi connectivity index (χ1) is 5.16. The summed E-state index contributed by atoms with van der Waals surface area (Å²) in [6, 6.07) is 0. The molecule has 0 aliphatic carbocycles. The number of nitrogens with zero attached hydrogens (tertiary/aromatic N) is 1. The lowest BCUT2D eigenvalue weighted by Crippen LogP contribution is -2.33. The van der Waals surface area contributed by atoms with Crippen LogP contribution in [-0.4, -0.2) is 29.8 Å². The second kappa shape index (κ2) is 2.90. The van der Waals surface area contributed by atoms with Crippen LogP contribution < -0.4 is 5.73 Å². The van der Waals surface area contributed by atoms with Gasteiger partial charge in [-0.25, -0.2) is 0 Å². The van der Waals surface area contributed by atoms with Crippen molar-refractivity contribution in [3.8, 4) is 0 Å². The fraction of sp³-hybridized carbons (Fsp3) is 0.571. The van der Waals surface area contributed by atoms with Gasteiger partial charge >= 0.3 is 0 Å². The number of carbonyl (C=O) groups excluding carboxylic acids is 2. The molecule has 1 saturated heterocycles. The van der Waals surface area contributed by atoms with Crippen molar-refractivity contribution in [2.75, 3.05) is 13.1 Å². The molecule has 1 rings (SSSR count). The third-order valence-electron chi connectivity index (χ3n) is 1.91. The smallest absolute Gasteiger partial charge is 0.235 e. The Morgan fingerprint density at radius 3 is 2.73 bits per heavy atom. The highest BCUT2D eigenvalue weighted by molar-refractivity contribution is 6.00. The number of rotatable bonds is 2. The molecule has 1 atom stereocenters. The second-order valence-electron chi connectivity index (χ2n) is 2.57. The molecule has 0 saturated carbocycles. The maximum Gasteiger partial charge on any atom is 0.235 e. The molecule has 11 heavy (non-hydrogen) atoms. The van der Waals surface area contributed by atoms with Gasteiger partial charge in [0.1, 0.15) is 5.92 Å². The van der Waals surface area contributed by atoms with Gasteiger partial charge in [0, 0.05) is 13.1 Å². The Hall–Kier alpha value is -1.06. The highest BCUT2D eigenvalue weighted by Crippen LogP contribution is 2.16. The molecule has 4 nitrogen and oxygen atoms in total. The summed E-state index contributed by atoms with van der Waals surface area (Å²) in [5, 5.41) is 0. The number of hydrogen-bond acceptors (Lipinski definition) is 2. The van der Waals surface area contributed by atoms with Gasteiger partial charge in [0.05, 0.1) is 0 Å². The molecule has 0 aromatic carbocycles. The molecule has 1 aliphatic rings. The molecule has 2 amide bonds. The predicted octanol–water partition coefficient (Wildman–Crippen LogP) is -0.846. The van der Waals surface area contributed by atoms with Crippen molar-refractivity contribution in [1.82, 2.24) is 4.90 Å². The first-order valence-corrected chi connectivity index (χ1v) is 3.54. The standard InChI is InChI=1S/C7H11N2O2/c1-2-9-4-3-5(6(8)10)7(9)11/h5H,1-4H2,(H2,8,10). The zero-order chi connectivity index (χ0) is 8.43. The van der Waals surface area contributed by atoms with Gasteiger partial charge in [-0.05, 0) is 13.3 Å². The van der Waals surface area contributed by atoms with E-state index in [2.05, 4.69) is 6.92 Å². The summed E-state index contributed by atoms with van der Waals surface area (Å²) in [7, 11) is 0. The normalized spacial score (nSPS) is 24.3. The average molecular weight is 155 g/mol. The SMILES string of the molecule is [CH2]CN1CCC(C(N)=O)C1=O. The van der Waals surface area contributed by atoms with E-state index in [0.29, 0.717) is 19.5 Å². The van der Waals surface area contributed by atoms with Gasteiger partial charge in [-0.15, -0.1) is 0 Å². The zero-order valence-electron chi connectivity index (χ0n) is 6.25. The lowest BCUT2D eigenvalue weighted by atomic mass is 10.1.